The van der Waals surface area contributed by atoms with Gasteiger partial charge >= 0.3 is 0 Å². The van der Waals surface area contributed by atoms with E-state index >= 15 is 0 Å². The van der Waals surface area contributed by atoms with Crippen LogP contribution in [0.5, 0.6) is 0 Å². The molecule has 0 amide bonds. The van der Waals surface area contributed by atoms with Crippen LogP contribution >= 0.6 is 27.5 Å². The van der Waals surface area contributed by atoms with E-state index in [4.69, 9.17) is 11.6 Å². The highest BCUT2D eigenvalue weighted by atomic mass is 79.9. The molecule has 0 saturated heterocycles. The van der Waals surface area contributed by atoms with Crippen molar-refractivity contribution in [2.45, 2.75) is 26.2 Å². The van der Waals surface area contributed by atoms with Crippen LogP contribution in [-0.2, 0) is 12.8 Å². The van der Waals surface area contributed by atoms with Gasteiger partial charge in [-0.1, -0.05) is 27.5 Å². The average Bonchev–Trinajstić information content (AvgIpc) is 2.69. The summed E-state index contributed by atoms with van der Waals surface area (Å²) in [6.45, 7) is 1.88. The lowest BCUT2D eigenvalue weighted by molar-refractivity contribution is 0.911. The van der Waals surface area contributed by atoms with Crippen molar-refractivity contribution in [1.29, 1.82) is 0 Å². The summed E-state index contributed by atoms with van der Waals surface area (Å²) in [5.41, 5.74) is 3.77. The van der Waals surface area contributed by atoms with Crippen LogP contribution in [0.25, 0.3) is 10.9 Å². The van der Waals surface area contributed by atoms with E-state index in [1.165, 1.54) is 17.5 Å². The van der Waals surface area contributed by atoms with Gasteiger partial charge in [-0.05, 0) is 43.4 Å². The second-order valence-electron chi connectivity index (χ2n) is 4.13. The zero-order valence-corrected chi connectivity index (χ0v) is 11.2. The van der Waals surface area contributed by atoms with Crippen molar-refractivity contribution in [3.05, 3.63) is 32.6 Å². The Balaban J connectivity index is 2.48. The molecule has 0 atom stereocenters. The molecule has 82 valence electrons. The first kappa shape index (κ1) is 10.5. The Bertz CT molecular complexity index is 595. The van der Waals surface area contributed by atoms with Crippen molar-refractivity contribution in [1.82, 2.24) is 9.97 Å². The van der Waals surface area contributed by atoms with E-state index in [-0.39, 0.29) is 0 Å². The van der Waals surface area contributed by atoms with Crippen molar-refractivity contribution < 1.29 is 0 Å². The number of benzene rings is 1. The van der Waals surface area contributed by atoms with E-state index < -0.39 is 0 Å². The summed E-state index contributed by atoms with van der Waals surface area (Å²) in [6, 6.07) is 2.04. The number of fused-ring (bicyclic) bond motifs is 3. The lowest BCUT2D eigenvalue weighted by Crippen LogP contribution is -1.95. The van der Waals surface area contributed by atoms with Gasteiger partial charge in [0, 0.05) is 9.86 Å². The second kappa shape index (κ2) is 3.67. The maximum absolute atomic E-state index is 6.16. The van der Waals surface area contributed by atoms with Gasteiger partial charge in [-0.15, -0.1) is 0 Å². The van der Waals surface area contributed by atoms with Gasteiger partial charge in [0.1, 0.15) is 11.0 Å². The SMILES string of the molecule is Cc1nc(Cl)c2cc(Br)c3c(c2n1)CCC3. The van der Waals surface area contributed by atoms with E-state index in [1.807, 2.05) is 13.0 Å². The quantitative estimate of drug-likeness (QED) is 0.690. The summed E-state index contributed by atoms with van der Waals surface area (Å²) in [5, 5.41) is 1.51. The maximum atomic E-state index is 6.16. The smallest absolute Gasteiger partial charge is 0.140 e. The number of hydrogen-bond acceptors (Lipinski definition) is 2. The molecule has 2 aromatic rings. The van der Waals surface area contributed by atoms with Gasteiger partial charge in [0.05, 0.1) is 5.52 Å². The van der Waals surface area contributed by atoms with Crippen LogP contribution in [0.4, 0.5) is 0 Å². The van der Waals surface area contributed by atoms with Crippen molar-refractivity contribution in [2.75, 3.05) is 0 Å². The molecule has 0 bridgehead atoms. The van der Waals surface area contributed by atoms with Crippen LogP contribution in [0.1, 0.15) is 23.4 Å². The van der Waals surface area contributed by atoms with Crippen LogP contribution < -0.4 is 0 Å². The Morgan fingerprint density at radius 3 is 2.81 bits per heavy atom. The molecular formula is C12H10BrClN2. The molecule has 0 fully saturated rings. The molecule has 1 aromatic heterocycles. The normalized spacial score (nSPS) is 14.4. The largest absolute Gasteiger partial charge is 0.233 e. The van der Waals surface area contributed by atoms with E-state index in [1.54, 1.807) is 0 Å². The topological polar surface area (TPSA) is 25.8 Å². The molecule has 0 spiro atoms. The van der Waals surface area contributed by atoms with Crippen molar-refractivity contribution >= 4 is 38.4 Å². The van der Waals surface area contributed by atoms with Crippen LogP contribution in [0, 0.1) is 6.92 Å². The fourth-order valence-electron chi connectivity index (χ4n) is 2.39. The van der Waals surface area contributed by atoms with Crippen LogP contribution in [0.3, 0.4) is 0 Å². The highest BCUT2D eigenvalue weighted by Crippen LogP contribution is 2.36. The van der Waals surface area contributed by atoms with Gasteiger partial charge < -0.3 is 0 Å². The lowest BCUT2D eigenvalue weighted by Gasteiger charge is -2.08. The number of nitrogens with zero attached hydrogens (tertiary/aromatic N) is 2. The molecule has 1 aromatic carbocycles. The predicted octanol–water partition coefficient (Wildman–Crippen LogP) is 3.84. The molecule has 0 unspecified atom stereocenters. The van der Waals surface area contributed by atoms with Crippen LogP contribution in [-0.4, -0.2) is 9.97 Å². The molecule has 1 aliphatic carbocycles. The Labute approximate surface area is 107 Å². The molecule has 1 heterocycles. The summed E-state index contributed by atoms with van der Waals surface area (Å²) in [7, 11) is 0. The molecule has 0 N–H and O–H groups in total. The first-order valence-corrected chi connectivity index (χ1v) is 6.48. The third-order valence-corrected chi connectivity index (χ3v) is 4.07. The van der Waals surface area contributed by atoms with Gasteiger partial charge in [-0.2, -0.15) is 0 Å². The van der Waals surface area contributed by atoms with Gasteiger partial charge in [-0.25, -0.2) is 9.97 Å². The Morgan fingerprint density at radius 2 is 2.00 bits per heavy atom. The number of aromatic nitrogens is 2. The summed E-state index contributed by atoms with van der Waals surface area (Å²) < 4.78 is 1.14. The summed E-state index contributed by atoms with van der Waals surface area (Å²) in [5.74, 6) is 0.744. The van der Waals surface area contributed by atoms with E-state index in [0.29, 0.717) is 5.15 Å². The average molecular weight is 298 g/mol. The standard InChI is InChI=1S/C12H10BrClN2/c1-6-15-11-8-4-2-3-7(8)10(13)5-9(11)12(14)16-6/h5H,2-4H2,1H3. The van der Waals surface area contributed by atoms with E-state index in [0.717, 1.165) is 34.0 Å². The van der Waals surface area contributed by atoms with Gasteiger partial charge in [0.15, 0.2) is 0 Å². The van der Waals surface area contributed by atoms with Crippen LogP contribution in [0.15, 0.2) is 10.5 Å². The van der Waals surface area contributed by atoms with Gasteiger partial charge in [0.25, 0.3) is 0 Å². The number of rotatable bonds is 0. The van der Waals surface area contributed by atoms with Crippen molar-refractivity contribution in [2.24, 2.45) is 0 Å². The van der Waals surface area contributed by atoms with E-state index in [2.05, 4.69) is 25.9 Å². The minimum Gasteiger partial charge on any atom is -0.233 e. The molecule has 0 aliphatic heterocycles. The monoisotopic (exact) mass is 296 g/mol. The molecule has 1 aliphatic rings. The fourth-order valence-corrected chi connectivity index (χ4v) is 3.32. The van der Waals surface area contributed by atoms with Crippen molar-refractivity contribution in [3.63, 3.8) is 0 Å². The predicted molar refractivity (Wildman–Crippen MR) is 69.0 cm³/mol. The first-order chi connectivity index (χ1) is 7.66. The van der Waals surface area contributed by atoms with Gasteiger partial charge in [0.2, 0.25) is 0 Å². The Hall–Kier alpha value is -0.670. The zero-order valence-electron chi connectivity index (χ0n) is 8.85. The molecule has 0 saturated carbocycles. The number of halogens is 2. The maximum Gasteiger partial charge on any atom is 0.140 e. The third kappa shape index (κ3) is 1.45. The minimum absolute atomic E-state index is 0.554. The first-order valence-electron chi connectivity index (χ1n) is 5.31. The molecule has 0 radical (unpaired) electrons. The van der Waals surface area contributed by atoms with Crippen molar-refractivity contribution in [3.8, 4) is 0 Å². The molecule has 16 heavy (non-hydrogen) atoms. The Morgan fingerprint density at radius 1 is 1.25 bits per heavy atom. The Kier molecular flexibility index (Phi) is 2.41. The molecular weight excluding hydrogens is 288 g/mol. The highest BCUT2D eigenvalue weighted by molar-refractivity contribution is 9.10. The molecule has 2 nitrogen and oxygen atoms in total. The lowest BCUT2D eigenvalue weighted by atomic mass is 10.1. The fraction of sp³-hybridized carbons (Fsp3) is 0.333. The zero-order chi connectivity index (χ0) is 11.3. The summed E-state index contributed by atoms with van der Waals surface area (Å²) >= 11 is 9.77. The molecule has 4 heteroatoms. The molecule has 3 rings (SSSR count). The van der Waals surface area contributed by atoms with Crippen LogP contribution in [0.2, 0.25) is 5.15 Å². The van der Waals surface area contributed by atoms with Gasteiger partial charge in [-0.3, -0.25) is 0 Å². The highest BCUT2D eigenvalue weighted by Gasteiger charge is 2.19. The summed E-state index contributed by atoms with van der Waals surface area (Å²) in [4.78, 5) is 8.73. The second-order valence-corrected chi connectivity index (χ2v) is 5.34. The minimum atomic E-state index is 0.554. The summed E-state index contributed by atoms with van der Waals surface area (Å²) in [6.07, 6.45) is 3.43. The number of aryl methyl sites for hydroxylation is 2. The van der Waals surface area contributed by atoms with E-state index in [9.17, 15) is 0 Å². The number of hydrogen-bond donors (Lipinski definition) is 0. The third-order valence-electron chi connectivity index (χ3n) is 3.07.